The minimum Gasteiger partial charge on any atom is -0.493 e. The summed E-state index contributed by atoms with van der Waals surface area (Å²) in [6.45, 7) is 6.26. The lowest BCUT2D eigenvalue weighted by Crippen LogP contribution is -2.55. The van der Waals surface area contributed by atoms with E-state index >= 15 is 0 Å². The third kappa shape index (κ3) is 6.64. The van der Waals surface area contributed by atoms with Gasteiger partial charge in [-0.25, -0.2) is 0 Å². The van der Waals surface area contributed by atoms with Crippen LogP contribution in [0.2, 0.25) is 5.02 Å². The van der Waals surface area contributed by atoms with Crippen LogP contribution < -0.4 is 14.4 Å². The average Bonchev–Trinajstić information content (AvgIpc) is 2.91. The van der Waals surface area contributed by atoms with Crippen molar-refractivity contribution in [3.8, 4) is 11.5 Å². The fraction of sp³-hybridized carbons (Fsp3) is 0.424. The zero-order valence-electron chi connectivity index (χ0n) is 24.6. The first kappa shape index (κ1) is 31.2. The van der Waals surface area contributed by atoms with Gasteiger partial charge in [-0.05, 0) is 79.4 Å². The maximum Gasteiger partial charge on any atom is 0.390 e. The molecule has 1 fully saturated rings. The summed E-state index contributed by atoms with van der Waals surface area (Å²) in [6, 6.07) is 17.9. The molecule has 10 heteroatoms. The molecule has 6 nitrogen and oxygen atoms in total. The first-order valence-corrected chi connectivity index (χ1v) is 14.7. The predicted octanol–water partition coefficient (Wildman–Crippen LogP) is 6.91. The Hall–Kier alpha value is -3.27. The zero-order chi connectivity index (χ0) is 31.1. The van der Waals surface area contributed by atoms with Gasteiger partial charge in [-0.15, -0.1) is 0 Å². The second-order valence-electron chi connectivity index (χ2n) is 11.8. The second kappa shape index (κ2) is 12.0. The van der Waals surface area contributed by atoms with Gasteiger partial charge in [0, 0.05) is 36.3 Å². The van der Waals surface area contributed by atoms with Crippen molar-refractivity contribution in [3.05, 3.63) is 87.9 Å². The number of nitrogens with zero attached hydrogens (tertiary/aromatic N) is 2. The molecule has 2 atom stereocenters. The third-order valence-corrected chi connectivity index (χ3v) is 8.58. The summed E-state index contributed by atoms with van der Waals surface area (Å²) in [5.74, 6) is 0.834. The number of rotatable bonds is 9. The molecule has 1 N–H and O–H groups in total. The van der Waals surface area contributed by atoms with Gasteiger partial charge in [0.05, 0.1) is 37.7 Å². The number of carbonyl (C=O) groups is 1. The molecule has 0 radical (unpaired) electrons. The summed E-state index contributed by atoms with van der Waals surface area (Å²) < 4.78 is 49.5. The van der Waals surface area contributed by atoms with Crippen LogP contribution >= 0.6 is 11.6 Å². The van der Waals surface area contributed by atoms with Crippen molar-refractivity contribution in [3.63, 3.8) is 0 Å². The summed E-state index contributed by atoms with van der Waals surface area (Å²) in [7, 11) is 1.57. The van der Waals surface area contributed by atoms with E-state index in [1.807, 2.05) is 50.2 Å². The number of carbonyl (C=O) groups excluding carboxylic acids is 1. The largest absolute Gasteiger partial charge is 0.493 e. The van der Waals surface area contributed by atoms with Crippen LogP contribution in [0, 0.1) is 5.92 Å². The van der Waals surface area contributed by atoms with Crippen LogP contribution in [0.3, 0.4) is 0 Å². The Labute approximate surface area is 255 Å². The normalized spacial score (nSPS) is 19.2. The van der Waals surface area contributed by atoms with E-state index in [9.17, 15) is 23.1 Å². The van der Waals surface area contributed by atoms with E-state index in [1.54, 1.807) is 48.1 Å². The van der Waals surface area contributed by atoms with Gasteiger partial charge in [0.25, 0.3) is 0 Å². The van der Waals surface area contributed by atoms with E-state index in [2.05, 4.69) is 0 Å². The van der Waals surface area contributed by atoms with Crippen LogP contribution in [0.25, 0.3) is 0 Å². The molecule has 1 unspecified atom stereocenters. The van der Waals surface area contributed by atoms with E-state index in [0.29, 0.717) is 40.9 Å². The van der Waals surface area contributed by atoms with Gasteiger partial charge < -0.3 is 24.4 Å². The first-order chi connectivity index (χ1) is 20.3. The van der Waals surface area contributed by atoms with Gasteiger partial charge in [-0.3, -0.25) is 4.79 Å². The van der Waals surface area contributed by atoms with Crippen molar-refractivity contribution in [1.82, 2.24) is 4.90 Å². The van der Waals surface area contributed by atoms with Gasteiger partial charge in [0.15, 0.2) is 11.5 Å². The number of amides is 1. The number of alkyl halides is 3. The number of hydrogen-bond acceptors (Lipinski definition) is 5. The van der Waals surface area contributed by atoms with E-state index in [-0.39, 0.29) is 30.9 Å². The highest BCUT2D eigenvalue weighted by atomic mass is 35.5. The van der Waals surface area contributed by atoms with Crippen molar-refractivity contribution >= 4 is 23.2 Å². The molecule has 0 saturated carbocycles. The van der Waals surface area contributed by atoms with E-state index in [4.69, 9.17) is 21.1 Å². The number of likely N-dealkylation sites (tertiary alicyclic amines) is 1. The maximum atomic E-state index is 13.8. The molecule has 2 heterocycles. The van der Waals surface area contributed by atoms with Crippen molar-refractivity contribution < 1.29 is 32.5 Å². The standard InChI is InChI=1S/C33H36ClF3N2O4/c1-20(2)43-29-17-27-22(15-28(29)42-4)16-30(40)39(31(27)21-5-9-25(34)10-6-21)26-11-7-23(8-12-26)32(3,41)24-18-38(19-24)14-13-33(35,36)37/h5-12,15,17,20,24,31,41H,13-14,16,18-19H2,1-4H3/t31-,32?/m0/s1. The zero-order valence-corrected chi connectivity index (χ0v) is 25.4. The van der Waals surface area contributed by atoms with Crippen LogP contribution in [0.5, 0.6) is 11.5 Å². The Morgan fingerprint density at radius 2 is 1.67 bits per heavy atom. The van der Waals surface area contributed by atoms with Crippen LogP contribution in [0.15, 0.2) is 60.7 Å². The van der Waals surface area contributed by atoms with E-state index in [1.165, 1.54) is 0 Å². The molecule has 0 spiro atoms. The number of fused-ring (bicyclic) bond motifs is 1. The summed E-state index contributed by atoms with van der Waals surface area (Å²) in [5, 5.41) is 12.0. The SMILES string of the molecule is COc1cc2c(cc1OC(C)C)[C@H](c1ccc(Cl)cc1)N(c1ccc(C(C)(O)C3CN(CCC(F)(F)F)C3)cc1)C(=O)C2. The second-order valence-corrected chi connectivity index (χ2v) is 12.2. The smallest absolute Gasteiger partial charge is 0.390 e. The molecule has 0 bridgehead atoms. The van der Waals surface area contributed by atoms with E-state index < -0.39 is 24.2 Å². The van der Waals surface area contributed by atoms with Gasteiger partial charge in [-0.1, -0.05) is 35.9 Å². The van der Waals surface area contributed by atoms with Crippen molar-refractivity contribution in [2.24, 2.45) is 5.92 Å². The number of ether oxygens (including phenoxy) is 2. The van der Waals surface area contributed by atoms with Gasteiger partial charge in [0.2, 0.25) is 5.91 Å². The molecule has 43 heavy (non-hydrogen) atoms. The molecule has 2 aliphatic heterocycles. The number of hydrogen-bond donors (Lipinski definition) is 1. The minimum atomic E-state index is -4.20. The number of aliphatic hydroxyl groups is 1. The molecule has 1 amide bonds. The summed E-state index contributed by atoms with van der Waals surface area (Å²) in [4.78, 5) is 17.2. The van der Waals surface area contributed by atoms with Gasteiger partial charge in [0.1, 0.15) is 0 Å². The van der Waals surface area contributed by atoms with Gasteiger partial charge >= 0.3 is 6.18 Å². The fourth-order valence-corrected chi connectivity index (χ4v) is 6.04. The van der Waals surface area contributed by atoms with E-state index in [0.717, 1.165) is 16.7 Å². The summed E-state index contributed by atoms with van der Waals surface area (Å²) >= 11 is 6.21. The summed E-state index contributed by atoms with van der Waals surface area (Å²) in [5.41, 5.74) is 2.67. The van der Waals surface area contributed by atoms with Gasteiger partial charge in [-0.2, -0.15) is 13.2 Å². The summed E-state index contributed by atoms with van der Waals surface area (Å²) in [6.07, 6.45) is -4.99. The Morgan fingerprint density at radius 1 is 1.02 bits per heavy atom. The lowest BCUT2D eigenvalue weighted by molar-refractivity contribution is -0.147. The number of halogens is 4. The third-order valence-electron chi connectivity index (χ3n) is 8.33. The Morgan fingerprint density at radius 3 is 2.26 bits per heavy atom. The molecule has 1 saturated heterocycles. The van der Waals surface area contributed by atoms with Crippen molar-refractivity contribution in [1.29, 1.82) is 0 Å². The molecule has 0 aromatic heterocycles. The molecule has 5 rings (SSSR count). The van der Waals surface area contributed by atoms with Crippen LogP contribution in [0.1, 0.15) is 55.5 Å². The van der Waals surface area contributed by atoms with Crippen LogP contribution in [-0.4, -0.2) is 54.9 Å². The predicted molar refractivity (Wildman–Crippen MR) is 160 cm³/mol. The average molecular weight is 617 g/mol. The fourth-order valence-electron chi connectivity index (χ4n) is 5.92. The highest BCUT2D eigenvalue weighted by molar-refractivity contribution is 6.30. The number of benzene rings is 3. The molecule has 230 valence electrons. The number of anilines is 1. The monoisotopic (exact) mass is 616 g/mol. The highest BCUT2D eigenvalue weighted by Gasteiger charge is 2.43. The van der Waals surface area contributed by atoms with Crippen LogP contribution in [0.4, 0.5) is 18.9 Å². The molecular formula is C33H36ClF3N2O4. The quantitative estimate of drug-likeness (QED) is 0.283. The Kier molecular flexibility index (Phi) is 8.71. The van der Waals surface area contributed by atoms with Crippen molar-refractivity contribution in [2.75, 3.05) is 31.6 Å². The maximum absolute atomic E-state index is 13.8. The molecular weight excluding hydrogens is 581 g/mol. The minimum absolute atomic E-state index is 0.0740. The topological polar surface area (TPSA) is 62.2 Å². The molecule has 3 aromatic carbocycles. The molecule has 3 aromatic rings. The van der Waals surface area contributed by atoms with Crippen LogP contribution in [-0.2, 0) is 16.8 Å². The molecule has 2 aliphatic rings. The number of methoxy groups -OCH3 is 1. The lowest BCUT2D eigenvalue weighted by Gasteiger charge is -2.47. The Balaban J connectivity index is 1.46. The lowest BCUT2D eigenvalue weighted by atomic mass is 9.78. The molecule has 0 aliphatic carbocycles. The highest BCUT2D eigenvalue weighted by Crippen LogP contribution is 2.44. The van der Waals surface area contributed by atoms with Crippen molar-refractivity contribution in [2.45, 2.75) is 57.5 Å². The first-order valence-electron chi connectivity index (χ1n) is 14.3. The Bertz CT molecular complexity index is 1450.